The Morgan fingerprint density at radius 2 is 1.76 bits per heavy atom. The van der Waals surface area contributed by atoms with Gasteiger partial charge in [0.25, 0.3) is 0 Å². The van der Waals surface area contributed by atoms with Gasteiger partial charge in [-0.05, 0) is 55.8 Å². The molecule has 4 saturated carbocycles. The SMILES string of the molecule is C1COC(c2noc(C3C4CC5CC(C4)CC3C5)n2)CN1. The van der Waals surface area contributed by atoms with Gasteiger partial charge in [0.2, 0.25) is 11.7 Å². The normalized spacial score (nSPS) is 45.1. The highest BCUT2D eigenvalue weighted by molar-refractivity contribution is 5.09. The Hall–Kier alpha value is -0.940. The number of hydrogen-bond acceptors (Lipinski definition) is 5. The largest absolute Gasteiger partial charge is 0.367 e. The van der Waals surface area contributed by atoms with Crippen LogP contribution in [0.25, 0.3) is 0 Å². The molecule has 4 bridgehead atoms. The van der Waals surface area contributed by atoms with E-state index in [4.69, 9.17) is 14.2 Å². The third-order valence-electron chi connectivity index (χ3n) is 6.18. The Balaban J connectivity index is 1.39. The molecule has 1 N–H and O–H groups in total. The zero-order valence-electron chi connectivity index (χ0n) is 12.3. The van der Waals surface area contributed by atoms with Gasteiger partial charge in [-0.25, -0.2) is 0 Å². The minimum atomic E-state index is -0.0342. The molecular formula is C16H23N3O2. The van der Waals surface area contributed by atoms with Crippen LogP contribution in [0.4, 0.5) is 0 Å². The molecule has 4 aliphatic carbocycles. The summed E-state index contributed by atoms with van der Waals surface area (Å²) in [6.07, 6.45) is 6.99. The van der Waals surface area contributed by atoms with E-state index in [1.807, 2.05) is 0 Å². The van der Waals surface area contributed by atoms with Crippen LogP contribution in [0.3, 0.4) is 0 Å². The molecule has 1 unspecified atom stereocenters. The second-order valence-corrected chi connectivity index (χ2v) is 7.51. The Morgan fingerprint density at radius 1 is 1.00 bits per heavy atom. The van der Waals surface area contributed by atoms with Crippen molar-refractivity contribution in [3.8, 4) is 0 Å². The van der Waals surface area contributed by atoms with Gasteiger partial charge >= 0.3 is 0 Å². The number of nitrogens with one attached hydrogen (secondary N) is 1. The Labute approximate surface area is 124 Å². The van der Waals surface area contributed by atoms with Gasteiger partial charge < -0.3 is 14.6 Å². The standard InChI is InChI=1S/C16H23N3O2/c1-2-20-13(8-17-1)15-18-16(21-19-15)14-11-4-9-3-10(6-11)7-12(14)5-9/h9-14,17H,1-8H2. The zero-order chi connectivity index (χ0) is 13.8. The summed E-state index contributed by atoms with van der Waals surface area (Å²) in [7, 11) is 0. The van der Waals surface area contributed by atoms with E-state index in [0.29, 0.717) is 5.92 Å². The first-order valence-corrected chi connectivity index (χ1v) is 8.52. The topological polar surface area (TPSA) is 60.2 Å². The molecule has 1 aliphatic heterocycles. The Kier molecular flexibility index (Phi) is 2.87. The summed E-state index contributed by atoms with van der Waals surface area (Å²) in [5, 5.41) is 7.55. The highest BCUT2D eigenvalue weighted by Crippen LogP contribution is 2.59. The maximum Gasteiger partial charge on any atom is 0.230 e. The molecule has 1 atom stereocenters. The molecule has 1 aromatic heterocycles. The lowest BCUT2D eigenvalue weighted by atomic mass is 9.52. The monoisotopic (exact) mass is 289 g/mol. The third-order valence-corrected chi connectivity index (χ3v) is 6.18. The molecule has 2 heterocycles. The average Bonchev–Trinajstić information content (AvgIpc) is 2.97. The van der Waals surface area contributed by atoms with Crippen molar-refractivity contribution in [2.75, 3.05) is 19.7 Å². The molecule has 6 rings (SSSR count). The van der Waals surface area contributed by atoms with Crippen molar-refractivity contribution in [1.82, 2.24) is 15.5 Å². The van der Waals surface area contributed by atoms with Crippen molar-refractivity contribution < 1.29 is 9.26 Å². The molecule has 1 saturated heterocycles. The van der Waals surface area contributed by atoms with E-state index < -0.39 is 0 Å². The number of aromatic nitrogens is 2. The van der Waals surface area contributed by atoms with Gasteiger partial charge in [0.15, 0.2) is 0 Å². The fourth-order valence-electron chi connectivity index (χ4n) is 5.57. The maximum absolute atomic E-state index is 5.74. The van der Waals surface area contributed by atoms with Crippen LogP contribution in [0.2, 0.25) is 0 Å². The van der Waals surface area contributed by atoms with Crippen LogP contribution in [0, 0.1) is 23.7 Å². The fourth-order valence-corrected chi connectivity index (χ4v) is 5.57. The van der Waals surface area contributed by atoms with Crippen LogP contribution < -0.4 is 5.32 Å². The van der Waals surface area contributed by atoms with E-state index in [-0.39, 0.29) is 6.10 Å². The lowest BCUT2D eigenvalue weighted by Crippen LogP contribution is -2.43. The third kappa shape index (κ3) is 2.05. The molecule has 114 valence electrons. The minimum absolute atomic E-state index is 0.0342. The summed E-state index contributed by atoms with van der Waals surface area (Å²) < 4.78 is 11.4. The van der Waals surface area contributed by atoms with E-state index in [9.17, 15) is 0 Å². The van der Waals surface area contributed by atoms with Gasteiger partial charge in [-0.3, -0.25) is 0 Å². The maximum atomic E-state index is 5.74. The molecule has 1 aromatic rings. The average molecular weight is 289 g/mol. The number of rotatable bonds is 2. The van der Waals surface area contributed by atoms with Crippen molar-refractivity contribution in [3.05, 3.63) is 11.7 Å². The summed E-state index contributed by atoms with van der Waals surface area (Å²) in [6, 6.07) is 0. The van der Waals surface area contributed by atoms with Gasteiger partial charge in [-0.15, -0.1) is 0 Å². The van der Waals surface area contributed by atoms with E-state index in [1.165, 1.54) is 32.1 Å². The van der Waals surface area contributed by atoms with Crippen LogP contribution >= 0.6 is 0 Å². The number of ether oxygens (including phenoxy) is 1. The second kappa shape index (κ2) is 4.78. The van der Waals surface area contributed by atoms with Crippen molar-refractivity contribution in [1.29, 1.82) is 0 Å². The van der Waals surface area contributed by atoms with E-state index in [2.05, 4.69) is 10.5 Å². The summed E-state index contributed by atoms with van der Waals surface area (Å²) in [5.74, 6) is 5.71. The lowest BCUT2D eigenvalue weighted by molar-refractivity contribution is -0.0131. The van der Waals surface area contributed by atoms with E-state index >= 15 is 0 Å². The van der Waals surface area contributed by atoms with Crippen LogP contribution in [-0.2, 0) is 4.74 Å². The molecule has 5 fully saturated rings. The molecule has 0 amide bonds. The van der Waals surface area contributed by atoms with Crippen molar-refractivity contribution in [3.63, 3.8) is 0 Å². The van der Waals surface area contributed by atoms with Crippen LogP contribution in [0.1, 0.15) is 55.8 Å². The first kappa shape index (κ1) is 12.6. The second-order valence-electron chi connectivity index (χ2n) is 7.51. The van der Waals surface area contributed by atoms with Crippen molar-refractivity contribution in [2.45, 2.75) is 44.1 Å². The van der Waals surface area contributed by atoms with Crippen molar-refractivity contribution in [2.24, 2.45) is 23.7 Å². The fraction of sp³-hybridized carbons (Fsp3) is 0.875. The van der Waals surface area contributed by atoms with Gasteiger partial charge in [0, 0.05) is 19.0 Å². The van der Waals surface area contributed by atoms with Crippen molar-refractivity contribution >= 4 is 0 Å². The highest BCUT2D eigenvalue weighted by atomic mass is 16.5. The molecule has 0 spiro atoms. The predicted molar refractivity (Wildman–Crippen MR) is 75.6 cm³/mol. The number of hydrogen-bond donors (Lipinski definition) is 1. The number of morpholine rings is 1. The molecule has 0 aromatic carbocycles. The lowest BCUT2D eigenvalue weighted by Gasteiger charge is -2.53. The molecule has 5 nitrogen and oxygen atoms in total. The first-order valence-electron chi connectivity index (χ1n) is 8.52. The number of nitrogens with zero attached hydrogens (tertiary/aromatic N) is 2. The van der Waals surface area contributed by atoms with Crippen LogP contribution in [-0.4, -0.2) is 29.8 Å². The van der Waals surface area contributed by atoms with Gasteiger partial charge in [0.1, 0.15) is 6.10 Å². The van der Waals surface area contributed by atoms with Gasteiger partial charge in [0.05, 0.1) is 6.61 Å². The highest BCUT2D eigenvalue weighted by Gasteiger charge is 2.50. The van der Waals surface area contributed by atoms with Crippen LogP contribution in [0.5, 0.6) is 0 Å². The van der Waals surface area contributed by atoms with Gasteiger partial charge in [-0.2, -0.15) is 4.98 Å². The molecule has 5 aliphatic rings. The van der Waals surface area contributed by atoms with E-state index in [1.54, 1.807) is 0 Å². The predicted octanol–water partition coefficient (Wildman–Crippen LogP) is 2.27. The summed E-state index contributed by atoms with van der Waals surface area (Å²) in [6.45, 7) is 2.43. The smallest absolute Gasteiger partial charge is 0.230 e. The van der Waals surface area contributed by atoms with Crippen LogP contribution in [0.15, 0.2) is 4.52 Å². The molecular weight excluding hydrogens is 266 g/mol. The Bertz CT molecular complexity index is 495. The summed E-state index contributed by atoms with van der Waals surface area (Å²) >= 11 is 0. The quantitative estimate of drug-likeness (QED) is 0.905. The molecule has 21 heavy (non-hydrogen) atoms. The molecule has 5 heteroatoms. The molecule has 0 radical (unpaired) electrons. The summed E-state index contributed by atoms with van der Waals surface area (Å²) in [4.78, 5) is 4.74. The van der Waals surface area contributed by atoms with E-state index in [0.717, 1.165) is 55.1 Å². The zero-order valence-corrected chi connectivity index (χ0v) is 12.3. The Morgan fingerprint density at radius 3 is 2.43 bits per heavy atom. The van der Waals surface area contributed by atoms with Gasteiger partial charge in [-0.1, -0.05) is 5.16 Å². The minimum Gasteiger partial charge on any atom is -0.367 e. The first-order chi connectivity index (χ1) is 10.4. The summed E-state index contributed by atoms with van der Waals surface area (Å²) in [5.41, 5.74) is 0.